The molecule has 2 aromatic carbocycles. The van der Waals surface area contributed by atoms with Crippen molar-refractivity contribution in [3.8, 4) is 5.75 Å². The predicted molar refractivity (Wildman–Crippen MR) is 123 cm³/mol. The van der Waals surface area contributed by atoms with Crippen LogP contribution in [-0.2, 0) is 15.8 Å². The van der Waals surface area contributed by atoms with E-state index in [1.54, 1.807) is 31.2 Å². The van der Waals surface area contributed by atoms with E-state index in [1.807, 2.05) is 6.92 Å². The van der Waals surface area contributed by atoms with Crippen molar-refractivity contribution in [3.05, 3.63) is 53.1 Å². The lowest BCUT2D eigenvalue weighted by molar-refractivity contribution is -0.137. The Morgan fingerprint density at radius 3 is 2.55 bits per heavy atom. The van der Waals surface area contributed by atoms with Crippen LogP contribution in [0.2, 0.25) is 5.02 Å². The maximum absolute atomic E-state index is 13.2. The van der Waals surface area contributed by atoms with Crippen LogP contribution in [0.1, 0.15) is 25.8 Å². The second-order valence-electron chi connectivity index (χ2n) is 6.95. The zero-order valence-electron chi connectivity index (χ0n) is 17.8. The molecule has 0 radical (unpaired) electrons. The van der Waals surface area contributed by atoms with Gasteiger partial charge in [-0.15, -0.1) is 0 Å². The molecular weight excluding hydrogens is 479 g/mol. The van der Waals surface area contributed by atoms with E-state index in [1.165, 1.54) is 11.0 Å². The largest absolute Gasteiger partial charge is 0.494 e. The molecule has 1 unspecified atom stereocenters. The summed E-state index contributed by atoms with van der Waals surface area (Å²) in [5.74, 6) is -0.0909. The second-order valence-corrected chi connectivity index (χ2v) is 8.53. The number of aliphatic imine (C=N–C) groups is 1. The lowest BCUT2D eigenvalue weighted by Crippen LogP contribution is -2.45. The van der Waals surface area contributed by atoms with Crippen molar-refractivity contribution in [2.45, 2.75) is 31.7 Å². The molecule has 0 saturated carbocycles. The molecule has 2 amide bonds. The molecule has 0 spiro atoms. The lowest BCUT2D eigenvalue weighted by atomic mass is 10.2. The van der Waals surface area contributed by atoms with Crippen LogP contribution in [0.4, 0.5) is 24.5 Å². The van der Waals surface area contributed by atoms with E-state index in [0.717, 1.165) is 23.9 Å². The number of carbonyl (C=O) groups is 2. The molecule has 11 heteroatoms. The molecule has 6 nitrogen and oxygen atoms in total. The fourth-order valence-corrected chi connectivity index (χ4v) is 4.47. The van der Waals surface area contributed by atoms with Gasteiger partial charge in [-0.1, -0.05) is 23.4 Å². The molecule has 2 aromatic rings. The minimum absolute atomic E-state index is 0.0203. The maximum Gasteiger partial charge on any atom is 0.417 e. The summed E-state index contributed by atoms with van der Waals surface area (Å²) in [5.41, 5.74) is -0.514. The van der Waals surface area contributed by atoms with Crippen LogP contribution in [0, 0.1) is 0 Å². The zero-order chi connectivity index (χ0) is 24.2. The van der Waals surface area contributed by atoms with Gasteiger partial charge in [0.15, 0.2) is 5.17 Å². The van der Waals surface area contributed by atoms with Gasteiger partial charge in [0.2, 0.25) is 11.8 Å². The van der Waals surface area contributed by atoms with Gasteiger partial charge in [0.05, 0.1) is 22.9 Å². The normalized spacial score (nSPS) is 17.9. The minimum atomic E-state index is -4.65. The Kier molecular flexibility index (Phi) is 7.91. The molecule has 0 bridgehead atoms. The Balaban J connectivity index is 1.82. The summed E-state index contributed by atoms with van der Waals surface area (Å²) < 4.78 is 44.9. The summed E-state index contributed by atoms with van der Waals surface area (Å²) in [6.07, 6.45) is -4.71. The number of ether oxygens (including phenoxy) is 1. The molecule has 1 N–H and O–H groups in total. The molecule has 0 aromatic heterocycles. The molecule has 1 atom stereocenters. The van der Waals surface area contributed by atoms with Crippen molar-refractivity contribution in [1.29, 1.82) is 0 Å². The smallest absolute Gasteiger partial charge is 0.417 e. The first-order valence-electron chi connectivity index (χ1n) is 10.1. The number of amidine groups is 1. The molecule has 33 heavy (non-hydrogen) atoms. The van der Waals surface area contributed by atoms with Gasteiger partial charge in [0, 0.05) is 18.7 Å². The maximum atomic E-state index is 13.2. The molecule has 1 fully saturated rings. The Morgan fingerprint density at radius 2 is 1.94 bits per heavy atom. The topological polar surface area (TPSA) is 71.0 Å². The monoisotopic (exact) mass is 499 g/mol. The van der Waals surface area contributed by atoms with E-state index >= 15 is 0 Å². The Bertz CT molecular complexity index is 1060. The Hall–Kier alpha value is -2.72. The number of nitrogens with zero attached hydrogens (tertiary/aromatic N) is 2. The van der Waals surface area contributed by atoms with Gasteiger partial charge >= 0.3 is 6.18 Å². The number of nitrogens with one attached hydrogen (secondary N) is 1. The summed E-state index contributed by atoms with van der Waals surface area (Å²) in [4.78, 5) is 31.0. The van der Waals surface area contributed by atoms with Crippen LogP contribution < -0.4 is 10.1 Å². The van der Waals surface area contributed by atoms with Crippen LogP contribution in [0.3, 0.4) is 0 Å². The zero-order valence-corrected chi connectivity index (χ0v) is 19.4. The van der Waals surface area contributed by atoms with E-state index in [0.29, 0.717) is 18.0 Å². The summed E-state index contributed by atoms with van der Waals surface area (Å²) >= 11 is 6.70. The van der Waals surface area contributed by atoms with Gasteiger partial charge in [-0.05, 0) is 56.3 Å². The van der Waals surface area contributed by atoms with E-state index in [-0.39, 0.29) is 29.7 Å². The van der Waals surface area contributed by atoms with Crippen LogP contribution in [0.15, 0.2) is 47.5 Å². The molecule has 1 aliphatic heterocycles. The average Bonchev–Trinajstić information content (AvgIpc) is 2.75. The summed E-state index contributed by atoms with van der Waals surface area (Å²) in [7, 11) is 0. The fraction of sp³-hybridized carbons (Fsp3) is 0.318. The van der Waals surface area contributed by atoms with Gasteiger partial charge in [-0.25, -0.2) is 4.99 Å². The van der Waals surface area contributed by atoms with Crippen molar-refractivity contribution in [3.63, 3.8) is 0 Å². The highest BCUT2D eigenvalue weighted by atomic mass is 35.5. The van der Waals surface area contributed by atoms with Crippen molar-refractivity contribution in [2.75, 3.05) is 18.5 Å². The van der Waals surface area contributed by atoms with Gasteiger partial charge in [0.1, 0.15) is 11.0 Å². The average molecular weight is 500 g/mol. The fourth-order valence-electron chi connectivity index (χ4n) is 3.09. The van der Waals surface area contributed by atoms with Crippen LogP contribution >= 0.6 is 23.4 Å². The predicted octanol–water partition coefficient (Wildman–Crippen LogP) is 5.74. The molecule has 176 valence electrons. The van der Waals surface area contributed by atoms with Crippen LogP contribution in [-0.4, -0.2) is 40.3 Å². The Morgan fingerprint density at radius 1 is 1.24 bits per heavy atom. The van der Waals surface area contributed by atoms with Gasteiger partial charge in [-0.2, -0.15) is 13.2 Å². The van der Waals surface area contributed by atoms with Crippen molar-refractivity contribution in [1.82, 2.24) is 4.90 Å². The number of amides is 2. The van der Waals surface area contributed by atoms with Gasteiger partial charge in [0.25, 0.3) is 0 Å². The van der Waals surface area contributed by atoms with E-state index < -0.39 is 27.9 Å². The van der Waals surface area contributed by atoms with Crippen molar-refractivity contribution in [2.24, 2.45) is 4.99 Å². The van der Waals surface area contributed by atoms with Crippen LogP contribution in [0.5, 0.6) is 5.75 Å². The van der Waals surface area contributed by atoms with Crippen molar-refractivity contribution >= 4 is 51.7 Å². The number of carbonyl (C=O) groups excluding carboxylic acids is 2. The number of halogens is 4. The number of hydrogen-bond donors (Lipinski definition) is 1. The number of rotatable bonds is 6. The number of anilines is 1. The van der Waals surface area contributed by atoms with E-state index in [2.05, 4.69) is 10.3 Å². The quantitative estimate of drug-likeness (QED) is 0.550. The highest BCUT2D eigenvalue weighted by Crippen LogP contribution is 2.38. The van der Waals surface area contributed by atoms with Gasteiger partial charge in [-0.3, -0.25) is 14.5 Å². The first-order valence-corrected chi connectivity index (χ1v) is 11.3. The first kappa shape index (κ1) is 24.9. The lowest BCUT2D eigenvalue weighted by Gasteiger charge is -2.31. The third-order valence-corrected chi connectivity index (χ3v) is 6.18. The SMILES string of the molecule is CCOc1ccc(NC(=O)C2CC(=O)N(CC)C(=Nc3ccc(Cl)c(C(F)(F)F)c3)S2)cc1. The summed E-state index contributed by atoms with van der Waals surface area (Å²) in [6.45, 7) is 4.36. The summed E-state index contributed by atoms with van der Waals surface area (Å²) in [5, 5.41) is 1.66. The van der Waals surface area contributed by atoms with E-state index in [9.17, 15) is 22.8 Å². The standard InChI is InChI=1S/C22H21ClF3N3O3S/c1-3-29-19(30)12-18(20(31)27-13-5-8-15(9-6-13)32-4-2)33-21(29)28-14-7-10-17(23)16(11-14)22(24,25)26/h5-11,18H,3-4,12H2,1-2H3,(H,27,31). The minimum Gasteiger partial charge on any atom is -0.494 e. The Labute approximate surface area is 198 Å². The third-order valence-electron chi connectivity index (χ3n) is 4.66. The molecular formula is C22H21ClF3N3O3S. The molecule has 0 aliphatic carbocycles. The number of hydrogen-bond acceptors (Lipinski definition) is 5. The number of alkyl halides is 3. The highest BCUT2D eigenvalue weighted by Gasteiger charge is 2.36. The number of thioether (sulfide) groups is 1. The molecule has 3 rings (SSSR count). The molecule has 1 heterocycles. The molecule has 1 saturated heterocycles. The van der Waals surface area contributed by atoms with E-state index in [4.69, 9.17) is 16.3 Å². The first-order chi connectivity index (χ1) is 15.6. The van der Waals surface area contributed by atoms with Crippen LogP contribution in [0.25, 0.3) is 0 Å². The highest BCUT2D eigenvalue weighted by molar-refractivity contribution is 8.15. The van der Waals surface area contributed by atoms with Gasteiger partial charge < -0.3 is 10.1 Å². The number of benzene rings is 2. The third kappa shape index (κ3) is 6.20. The molecule has 1 aliphatic rings. The van der Waals surface area contributed by atoms with Crippen molar-refractivity contribution < 1.29 is 27.5 Å². The summed E-state index contributed by atoms with van der Waals surface area (Å²) in [6, 6.07) is 10.0. The second kappa shape index (κ2) is 10.5.